The van der Waals surface area contributed by atoms with Crippen molar-refractivity contribution in [3.63, 3.8) is 0 Å². The SMILES string of the molecule is Cc1nc2ccc3oc(C(=O)CO)cc3c2n1CN(C)C. The number of benzene rings is 1. The van der Waals surface area contributed by atoms with Gasteiger partial charge in [-0.15, -0.1) is 0 Å². The molecule has 2 heterocycles. The minimum Gasteiger partial charge on any atom is -0.453 e. The first-order valence-corrected chi connectivity index (χ1v) is 6.69. The standard InChI is InChI=1S/C15H17N3O3/c1-9-16-11-4-5-13-10(6-14(21-13)12(20)7-19)15(11)18(9)8-17(2)3/h4-6,19H,7-8H2,1-3H3. The molecule has 0 saturated carbocycles. The van der Waals surface area contributed by atoms with E-state index in [1.165, 1.54) is 0 Å². The van der Waals surface area contributed by atoms with Crippen molar-refractivity contribution in [2.75, 3.05) is 20.7 Å². The summed E-state index contributed by atoms with van der Waals surface area (Å²) in [7, 11) is 3.98. The second-order valence-corrected chi connectivity index (χ2v) is 5.35. The third-order valence-corrected chi connectivity index (χ3v) is 3.44. The Bertz CT molecular complexity index is 830. The molecular formula is C15H17N3O3. The topological polar surface area (TPSA) is 71.5 Å². The predicted octanol–water partition coefficient (Wildman–Crippen LogP) is 1.79. The maximum absolute atomic E-state index is 11.6. The number of aromatic nitrogens is 2. The smallest absolute Gasteiger partial charge is 0.223 e. The van der Waals surface area contributed by atoms with Gasteiger partial charge in [-0.25, -0.2) is 4.98 Å². The zero-order valence-electron chi connectivity index (χ0n) is 12.3. The van der Waals surface area contributed by atoms with Gasteiger partial charge in [0.1, 0.15) is 18.0 Å². The van der Waals surface area contributed by atoms with E-state index in [-0.39, 0.29) is 5.76 Å². The molecule has 0 spiro atoms. The summed E-state index contributed by atoms with van der Waals surface area (Å²) < 4.78 is 7.62. The fourth-order valence-corrected chi connectivity index (χ4v) is 2.53. The Morgan fingerprint density at radius 1 is 1.43 bits per heavy atom. The van der Waals surface area contributed by atoms with Crippen LogP contribution in [0, 0.1) is 6.92 Å². The van der Waals surface area contributed by atoms with Crippen LogP contribution in [-0.4, -0.2) is 46.0 Å². The second kappa shape index (κ2) is 4.98. The highest BCUT2D eigenvalue weighted by atomic mass is 16.3. The van der Waals surface area contributed by atoms with E-state index in [4.69, 9.17) is 9.52 Å². The number of imidazole rings is 1. The first kappa shape index (κ1) is 13.8. The van der Waals surface area contributed by atoms with E-state index in [1.54, 1.807) is 12.1 Å². The van der Waals surface area contributed by atoms with Crippen LogP contribution in [0.3, 0.4) is 0 Å². The molecule has 0 radical (unpaired) electrons. The van der Waals surface area contributed by atoms with Crippen LogP contribution < -0.4 is 0 Å². The number of aliphatic hydroxyl groups is 1. The summed E-state index contributed by atoms with van der Waals surface area (Å²) >= 11 is 0. The summed E-state index contributed by atoms with van der Waals surface area (Å²) in [6.07, 6.45) is 0. The molecule has 1 aromatic carbocycles. The normalized spacial score (nSPS) is 11.9. The van der Waals surface area contributed by atoms with Crippen molar-refractivity contribution in [2.45, 2.75) is 13.6 Å². The van der Waals surface area contributed by atoms with Crippen LogP contribution in [0.15, 0.2) is 22.6 Å². The highest BCUT2D eigenvalue weighted by Crippen LogP contribution is 2.29. The molecule has 3 rings (SSSR count). The Balaban J connectivity index is 2.30. The molecule has 6 nitrogen and oxygen atoms in total. The number of rotatable bonds is 4. The van der Waals surface area contributed by atoms with Crippen LogP contribution in [-0.2, 0) is 6.67 Å². The molecule has 0 saturated heterocycles. The third kappa shape index (κ3) is 2.22. The number of aryl methyl sites for hydroxylation is 1. The zero-order valence-corrected chi connectivity index (χ0v) is 12.3. The van der Waals surface area contributed by atoms with E-state index >= 15 is 0 Å². The summed E-state index contributed by atoms with van der Waals surface area (Å²) in [6, 6.07) is 5.37. The average molecular weight is 287 g/mol. The molecule has 0 aliphatic carbocycles. The summed E-state index contributed by atoms with van der Waals surface area (Å²) in [5, 5.41) is 9.81. The number of hydrogen-bond donors (Lipinski definition) is 1. The van der Waals surface area contributed by atoms with Gasteiger partial charge in [0.15, 0.2) is 5.76 Å². The summed E-state index contributed by atoms with van der Waals surface area (Å²) in [4.78, 5) is 18.2. The van der Waals surface area contributed by atoms with E-state index in [2.05, 4.69) is 9.55 Å². The van der Waals surface area contributed by atoms with Gasteiger partial charge in [-0.3, -0.25) is 9.69 Å². The number of furan rings is 1. The number of fused-ring (bicyclic) bond motifs is 3. The maximum Gasteiger partial charge on any atom is 0.223 e. The Morgan fingerprint density at radius 2 is 2.19 bits per heavy atom. The van der Waals surface area contributed by atoms with Gasteiger partial charge >= 0.3 is 0 Å². The van der Waals surface area contributed by atoms with Gasteiger partial charge in [0.25, 0.3) is 0 Å². The van der Waals surface area contributed by atoms with Crippen molar-refractivity contribution in [2.24, 2.45) is 0 Å². The number of ketones is 1. The first-order chi connectivity index (χ1) is 10.0. The predicted molar refractivity (Wildman–Crippen MR) is 79.3 cm³/mol. The lowest BCUT2D eigenvalue weighted by atomic mass is 10.2. The van der Waals surface area contributed by atoms with Gasteiger partial charge in [0.05, 0.1) is 17.7 Å². The molecule has 2 aromatic heterocycles. The summed E-state index contributed by atoms with van der Waals surface area (Å²) in [5.41, 5.74) is 2.43. The number of aliphatic hydroxyl groups excluding tert-OH is 1. The van der Waals surface area contributed by atoms with Crippen molar-refractivity contribution < 1.29 is 14.3 Å². The van der Waals surface area contributed by atoms with Crippen LogP contribution in [0.1, 0.15) is 16.4 Å². The molecule has 0 atom stereocenters. The Labute approximate surface area is 121 Å². The largest absolute Gasteiger partial charge is 0.453 e. The molecule has 0 bridgehead atoms. The minimum absolute atomic E-state index is 0.176. The molecule has 6 heteroatoms. The molecule has 0 fully saturated rings. The molecule has 3 aromatic rings. The highest BCUT2D eigenvalue weighted by molar-refractivity contribution is 6.07. The average Bonchev–Trinajstić information content (AvgIpc) is 2.99. The van der Waals surface area contributed by atoms with Crippen molar-refractivity contribution in [1.82, 2.24) is 14.5 Å². The van der Waals surface area contributed by atoms with Crippen LogP contribution in [0.5, 0.6) is 0 Å². The van der Waals surface area contributed by atoms with Gasteiger partial charge < -0.3 is 14.1 Å². The molecule has 0 amide bonds. The lowest BCUT2D eigenvalue weighted by Gasteiger charge is -2.13. The van der Waals surface area contributed by atoms with Crippen molar-refractivity contribution in [1.29, 1.82) is 0 Å². The summed E-state index contributed by atoms with van der Waals surface area (Å²) in [6.45, 7) is 2.09. The monoisotopic (exact) mass is 287 g/mol. The molecule has 21 heavy (non-hydrogen) atoms. The number of carbonyl (C=O) groups excluding carboxylic acids is 1. The number of nitrogens with zero attached hydrogens (tertiary/aromatic N) is 3. The maximum atomic E-state index is 11.6. The van der Waals surface area contributed by atoms with Crippen LogP contribution in [0.25, 0.3) is 22.0 Å². The molecule has 0 aliphatic heterocycles. The molecule has 0 unspecified atom stereocenters. The van der Waals surface area contributed by atoms with Crippen molar-refractivity contribution >= 4 is 27.8 Å². The third-order valence-electron chi connectivity index (χ3n) is 3.44. The molecular weight excluding hydrogens is 270 g/mol. The highest BCUT2D eigenvalue weighted by Gasteiger charge is 2.17. The van der Waals surface area contributed by atoms with Crippen LogP contribution in [0.2, 0.25) is 0 Å². The fourth-order valence-electron chi connectivity index (χ4n) is 2.53. The van der Waals surface area contributed by atoms with E-state index in [0.29, 0.717) is 12.3 Å². The lowest BCUT2D eigenvalue weighted by molar-refractivity contribution is 0.0878. The van der Waals surface area contributed by atoms with Gasteiger partial charge in [-0.1, -0.05) is 0 Å². The Hall–Kier alpha value is -2.18. The van der Waals surface area contributed by atoms with Gasteiger partial charge in [-0.2, -0.15) is 0 Å². The Kier molecular flexibility index (Phi) is 3.27. The van der Waals surface area contributed by atoms with E-state index < -0.39 is 12.4 Å². The number of hydrogen-bond acceptors (Lipinski definition) is 5. The molecule has 1 N–H and O–H groups in total. The molecule has 110 valence electrons. The minimum atomic E-state index is -0.557. The van der Waals surface area contributed by atoms with E-state index in [9.17, 15) is 4.79 Å². The van der Waals surface area contributed by atoms with Crippen molar-refractivity contribution in [3.8, 4) is 0 Å². The van der Waals surface area contributed by atoms with Gasteiger partial charge in [-0.05, 0) is 39.2 Å². The van der Waals surface area contributed by atoms with Gasteiger partial charge in [0, 0.05) is 5.39 Å². The van der Waals surface area contributed by atoms with Crippen molar-refractivity contribution in [3.05, 3.63) is 29.8 Å². The summed E-state index contributed by atoms with van der Waals surface area (Å²) in [5.74, 6) is 0.660. The van der Waals surface area contributed by atoms with E-state index in [1.807, 2.05) is 32.0 Å². The zero-order chi connectivity index (χ0) is 15.1. The van der Waals surface area contributed by atoms with E-state index in [0.717, 1.165) is 22.2 Å². The fraction of sp³-hybridized carbons (Fsp3) is 0.333. The first-order valence-electron chi connectivity index (χ1n) is 6.69. The second-order valence-electron chi connectivity index (χ2n) is 5.35. The number of carbonyl (C=O) groups is 1. The quantitative estimate of drug-likeness (QED) is 0.741. The molecule has 0 aliphatic rings. The Morgan fingerprint density at radius 3 is 2.86 bits per heavy atom. The lowest BCUT2D eigenvalue weighted by Crippen LogP contribution is -2.17. The number of Topliss-reactive ketones (excluding diaryl/α,β-unsaturated/α-hetero) is 1. The van der Waals surface area contributed by atoms with Crippen LogP contribution >= 0.6 is 0 Å². The van der Waals surface area contributed by atoms with Gasteiger partial charge in [0.2, 0.25) is 5.78 Å². The van der Waals surface area contributed by atoms with Crippen LogP contribution in [0.4, 0.5) is 0 Å².